The van der Waals surface area contributed by atoms with Crippen LogP contribution in [0.5, 0.6) is 5.75 Å². The molecule has 0 aliphatic carbocycles. The van der Waals surface area contributed by atoms with Crippen molar-refractivity contribution in [3.63, 3.8) is 0 Å². The summed E-state index contributed by atoms with van der Waals surface area (Å²) in [6.45, 7) is 0.748. The average Bonchev–Trinajstić information content (AvgIpc) is 3.04. The van der Waals surface area contributed by atoms with Crippen LogP contribution in [0, 0.1) is 0 Å². The summed E-state index contributed by atoms with van der Waals surface area (Å²) in [5.41, 5.74) is 3.48. The Morgan fingerprint density at radius 1 is 0.619 bits per heavy atom. The smallest absolute Gasteiger partial charge is 0.408 e. The Hall–Kier alpha value is -5.11. The Balaban J connectivity index is 1.30. The minimum atomic E-state index is -1.07. The molecule has 4 rings (SSSR count). The molecule has 0 radical (unpaired) electrons. The molecule has 0 bridgehead atoms. The number of amides is 2. The van der Waals surface area contributed by atoms with Gasteiger partial charge < -0.3 is 24.8 Å². The van der Waals surface area contributed by atoms with Crippen molar-refractivity contribution < 1.29 is 28.6 Å². The van der Waals surface area contributed by atoms with E-state index in [0.717, 1.165) is 22.3 Å². The first-order valence-electron chi connectivity index (χ1n) is 13.8. The van der Waals surface area contributed by atoms with Crippen LogP contribution in [0.4, 0.5) is 4.79 Å². The second-order valence-electron chi connectivity index (χ2n) is 9.55. The summed E-state index contributed by atoms with van der Waals surface area (Å²) in [4.78, 5) is 38.2. The van der Waals surface area contributed by atoms with E-state index in [4.69, 9.17) is 14.2 Å². The summed E-state index contributed by atoms with van der Waals surface area (Å²) >= 11 is 0. The molecule has 0 aliphatic heterocycles. The van der Waals surface area contributed by atoms with Gasteiger partial charge in [0, 0.05) is 18.5 Å². The van der Waals surface area contributed by atoms with Crippen LogP contribution in [0.2, 0.25) is 0 Å². The molecule has 8 heteroatoms. The first kappa shape index (κ1) is 29.9. The predicted octanol–water partition coefficient (Wildman–Crippen LogP) is 5.70. The van der Waals surface area contributed by atoms with Gasteiger partial charge in [0.15, 0.2) is 0 Å². The summed E-state index contributed by atoms with van der Waals surface area (Å²) in [6.07, 6.45) is -0.756. The van der Waals surface area contributed by atoms with Gasteiger partial charge in [0.05, 0.1) is 0 Å². The molecule has 1 atom stereocenters. The van der Waals surface area contributed by atoms with E-state index < -0.39 is 18.1 Å². The lowest BCUT2D eigenvalue weighted by molar-refractivity contribution is -0.147. The molecule has 4 aromatic carbocycles. The highest BCUT2D eigenvalue weighted by Crippen LogP contribution is 2.19. The number of esters is 1. The molecule has 2 amide bonds. The maximum absolute atomic E-state index is 12.9. The standard InChI is InChI=1S/C34H34N2O6/c37-32(35-22-29-18-10-11-19-31(29)40-23-26-12-4-1-5-13-26)21-20-30(33(38)41-24-27-14-6-2-7-15-27)36-34(39)42-25-28-16-8-3-9-17-28/h1-19,30H,20-25H2,(H,35,37)(H,36,39). The number of hydrogen-bond donors (Lipinski definition) is 2. The van der Waals surface area contributed by atoms with Gasteiger partial charge in [-0.15, -0.1) is 0 Å². The second kappa shape index (κ2) is 16.2. The molecule has 0 spiro atoms. The third kappa shape index (κ3) is 10.1. The summed E-state index contributed by atoms with van der Waals surface area (Å²) < 4.78 is 16.7. The molecule has 8 nitrogen and oxygen atoms in total. The summed E-state index contributed by atoms with van der Waals surface area (Å²) in [6, 6.07) is 34.7. The third-order valence-corrected chi connectivity index (χ3v) is 6.36. The van der Waals surface area contributed by atoms with Crippen molar-refractivity contribution in [3.05, 3.63) is 138 Å². The lowest BCUT2D eigenvalue weighted by Crippen LogP contribution is -2.42. The Morgan fingerprint density at radius 3 is 1.76 bits per heavy atom. The highest BCUT2D eigenvalue weighted by Gasteiger charge is 2.24. The minimum absolute atomic E-state index is 0.0168. The van der Waals surface area contributed by atoms with Crippen molar-refractivity contribution in [3.8, 4) is 5.75 Å². The topological polar surface area (TPSA) is 103 Å². The zero-order valence-electron chi connectivity index (χ0n) is 23.2. The van der Waals surface area contributed by atoms with E-state index in [0.29, 0.717) is 12.4 Å². The van der Waals surface area contributed by atoms with E-state index in [-0.39, 0.29) is 38.5 Å². The molecule has 0 heterocycles. The number of para-hydroxylation sites is 1. The lowest BCUT2D eigenvalue weighted by atomic mass is 10.1. The molecule has 0 aromatic heterocycles. The molecule has 216 valence electrons. The number of rotatable bonds is 14. The van der Waals surface area contributed by atoms with Gasteiger partial charge >= 0.3 is 12.1 Å². The first-order valence-corrected chi connectivity index (χ1v) is 13.8. The Bertz CT molecular complexity index is 1410. The third-order valence-electron chi connectivity index (χ3n) is 6.36. The van der Waals surface area contributed by atoms with E-state index >= 15 is 0 Å². The monoisotopic (exact) mass is 566 g/mol. The van der Waals surface area contributed by atoms with Crippen molar-refractivity contribution in [2.24, 2.45) is 0 Å². The van der Waals surface area contributed by atoms with Crippen molar-refractivity contribution in [2.75, 3.05) is 0 Å². The largest absolute Gasteiger partial charge is 0.489 e. The Morgan fingerprint density at radius 2 is 1.14 bits per heavy atom. The van der Waals surface area contributed by atoms with E-state index in [1.807, 2.05) is 115 Å². The summed E-state index contributed by atoms with van der Waals surface area (Å²) in [5.74, 6) is -0.261. The molecule has 0 aliphatic rings. The van der Waals surface area contributed by atoms with Crippen LogP contribution in [0.25, 0.3) is 0 Å². The van der Waals surface area contributed by atoms with Crippen molar-refractivity contribution >= 4 is 18.0 Å². The fraction of sp³-hybridized carbons (Fsp3) is 0.206. The van der Waals surface area contributed by atoms with Crippen LogP contribution in [0.1, 0.15) is 35.1 Å². The summed E-state index contributed by atoms with van der Waals surface area (Å²) in [5, 5.41) is 5.43. The predicted molar refractivity (Wildman–Crippen MR) is 158 cm³/mol. The van der Waals surface area contributed by atoms with Crippen LogP contribution in [-0.4, -0.2) is 24.0 Å². The average molecular weight is 567 g/mol. The van der Waals surface area contributed by atoms with E-state index in [1.165, 1.54) is 0 Å². The molecule has 2 N–H and O–H groups in total. The molecular formula is C34H34N2O6. The first-order chi connectivity index (χ1) is 20.6. The van der Waals surface area contributed by atoms with Gasteiger partial charge in [-0.2, -0.15) is 0 Å². The van der Waals surface area contributed by atoms with Crippen molar-refractivity contribution in [1.82, 2.24) is 10.6 Å². The van der Waals surface area contributed by atoms with E-state index in [1.54, 1.807) is 0 Å². The van der Waals surface area contributed by atoms with E-state index in [2.05, 4.69) is 10.6 Å². The molecule has 0 saturated heterocycles. The molecule has 4 aromatic rings. The SMILES string of the molecule is O=C(CCC(NC(=O)OCc1ccccc1)C(=O)OCc1ccccc1)NCc1ccccc1OCc1ccccc1. The van der Waals surface area contributed by atoms with Gasteiger partial charge in [0.2, 0.25) is 5.91 Å². The quantitative estimate of drug-likeness (QED) is 0.190. The van der Waals surface area contributed by atoms with Crippen LogP contribution in [0.15, 0.2) is 115 Å². The van der Waals surface area contributed by atoms with Gasteiger partial charge in [-0.05, 0) is 29.2 Å². The highest BCUT2D eigenvalue weighted by molar-refractivity contribution is 5.83. The molecule has 42 heavy (non-hydrogen) atoms. The van der Waals surface area contributed by atoms with E-state index in [9.17, 15) is 14.4 Å². The zero-order chi connectivity index (χ0) is 29.4. The lowest BCUT2D eigenvalue weighted by Gasteiger charge is -2.18. The fourth-order valence-corrected chi connectivity index (χ4v) is 4.07. The highest BCUT2D eigenvalue weighted by atomic mass is 16.6. The Labute approximate surface area is 245 Å². The summed E-state index contributed by atoms with van der Waals surface area (Å²) in [7, 11) is 0. The van der Waals surface area contributed by atoms with Crippen molar-refractivity contribution in [1.29, 1.82) is 0 Å². The zero-order valence-corrected chi connectivity index (χ0v) is 23.2. The number of carbonyl (C=O) groups is 3. The second-order valence-corrected chi connectivity index (χ2v) is 9.55. The van der Waals surface area contributed by atoms with Gasteiger partial charge in [0.1, 0.15) is 31.6 Å². The number of hydrogen-bond acceptors (Lipinski definition) is 6. The molecule has 0 saturated carbocycles. The van der Waals surface area contributed by atoms with Gasteiger partial charge in [-0.3, -0.25) is 4.79 Å². The maximum atomic E-state index is 12.9. The van der Waals surface area contributed by atoms with Crippen LogP contribution in [-0.2, 0) is 45.4 Å². The van der Waals surface area contributed by atoms with Gasteiger partial charge in [0.25, 0.3) is 0 Å². The molecule has 0 fully saturated rings. The van der Waals surface area contributed by atoms with Crippen LogP contribution < -0.4 is 15.4 Å². The molecule has 1 unspecified atom stereocenters. The minimum Gasteiger partial charge on any atom is -0.489 e. The number of benzene rings is 4. The normalized spacial score (nSPS) is 11.1. The number of nitrogens with one attached hydrogen (secondary N) is 2. The number of ether oxygens (including phenoxy) is 3. The van der Waals surface area contributed by atoms with Crippen LogP contribution >= 0.6 is 0 Å². The van der Waals surface area contributed by atoms with Gasteiger partial charge in [-0.25, -0.2) is 9.59 Å². The van der Waals surface area contributed by atoms with Crippen LogP contribution in [0.3, 0.4) is 0 Å². The fourth-order valence-electron chi connectivity index (χ4n) is 4.07. The number of carbonyl (C=O) groups excluding carboxylic acids is 3. The van der Waals surface area contributed by atoms with Crippen molar-refractivity contribution in [2.45, 2.75) is 45.2 Å². The Kier molecular flexibility index (Phi) is 11.5. The van der Waals surface area contributed by atoms with Gasteiger partial charge in [-0.1, -0.05) is 109 Å². The maximum Gasteiger partial charge on any atom is 0.408 e. The molecular weight excluding hydrogens is 532 g/mol. The number of alkyl carbamates (subject to hydrolysis) is 1.